The van der Waals surface area contributed by atoms with Gasteiger partial charge in [0, 0.05) is 31.5 Å². The van der Waals surface area contributed by atoms with E-state index < -0.39 is 0 Å². The number of quaternary nitrogens is 3. The minimum Gasteiger partial charge on any atom is -0.382 e. The molecule has 0 fully saturated rings. The Morgan fingerprint density at radius 2 is 1.31 bits per heavy atom. The Bertz CT molecular complexity index is 578. The average molecular weight is 504 g/mol. The molecule has 0 aliphatic carbocycles. The fourth-order valence-electron chi connectivity index (χ4n) is 3.47. The second-order valence-electron chi connectivity index (χ2n) is 10.9. The summed E-state index contributed by atoms with van der Waals surface area (Å²) in [7, 11) is 14.5. The van der Waals surface area contributed by atoms with Crippen molar-refractivity contribution in [1.29, 1.82) is 0 Å². The molecule has 192 valence electrons. The summed E-state index contributed by atoms with van der Waals surface area (Å²) < 4.78 is 2.05. The predicted molar refractivity (Wildman–Crippen MR) is 137 cm³/mol. The largest absolute Gasteiger partial charge is 0.382 e. The first-order valence-electron chi connectivity index (χ1n) is 10.9. The fourth-order valence-corrected chi connectivity index (χ4v) is 3.47. The number of nitrogens with one attached hydrogen (secondary N) is 2. The van der Waals surface area contributed by atoms with E-state index in [0.29, 0.717) is 36.2 Å². The lowest BCUT2D eigenvalue weighted by molar-refractivity contribution is -0.907. The number of nitrogens with zero attached hydrogens (tertiary/aromatic N) is 3. The average Bonchev–Trinajstić information content (AvgIpc) is 2.52. The number of rotatable bonds is 15. The molecule has 0 saturated heterocycles. The number of amides is 2. The van der Waals surface area contributed by atoms with Gasteiger partial charge in [-0.15, -0.1) is 24.8 Å². The Morgan fingerprint density at radius 1 is 0.844 bits per heavy atom. The number of carbonyl (C=O) groups excluding carboxylic acids is 2. The number of aliphatic hydroxyl groups excluding tert-OH is 1. The van der Waals surface area contributed by atoms with Crippen molar-refractivity contribution in [2.24, 2.45) is 0 Å². The molecule has 0 bridgehead atoms. The van der Waals surface area contributed by atoms with Gasteiger partial charge >= 0.3 is 0 Å². The van der Waals surface area contributed by atoms with E-state index in [2.05, 4.69) is 52.5 Å². The maximum absolute atomic E-state index is 12.3. The van der Waals surface area contributed by atoms with Crippen LogP contribution in [-0.2, 0) is 9.59 Å². The van der Waals surface area contributed by atoms with Crippen LogP contribution in [0.3, 0.4) is 0 Å². The van der Waals surface area contributed by atoms with E-state index in [0.717, 1.165) is 41.4 Å². The first-order valence-corrected chi connectivity index (χ1v) is 10.9. The summed E-state index contributed by atoms with van der Waals surface area (Å²) in [6, 6.07) is 0. The predicted octanol–water partition coefficient (Wildman–Crippen LogP) is 0.639. The van der Waals surface area contributed by atoms with Crippen molar-refractivity contribution in [3.8, 4) is 0 Å². The topological polar surface area (TPSA) is 78.4 Å². The Labute approximate surface area is 208 Å². The van der Waals surface area contributed by atoms with E-state index in [1.165, 1.54) is 0 Å². The van der Waals surface area contributed by atoms with Crippen LogP contribution in [-0.4, -0.2) is 132 Å². The highest BCUT2D eigenvalue weighted by atomic mass is 35.5. The van der Waals surface area contributed by atoms with E-state index in [1.54, 1.807) is 6.92 Å². The highest BCUT2D eigenvalue weighted by Crippen LogP contribution is 2.05. The molecule has 0 spiro atoms. The van der Waals surface area contributed by atoms with Crippen LogP contribution < -0.4 is 10.6 Å². The molecule has 0 heterocycles. The minimum atomic E-state index is -0.340. The molecule has 0 aromatic heterocycles. The quantitative estimate of drug-likeness (QED) is 0.174. The molecule has 0 aromatic carbocycles. The number of aliphatic hydroxyl groups is 1. The Morgan fingerprint density at radius 3 is 1.78 bits per heavy atom. The van der Waals surface area contributed by atoms with Crippen LogP contribution in [0.4, 0.5) is 0 Å². The third-order valence-corrected chi connectivity index (χ3v) is 4.91. The molecule has 0 rings (SSSR count). The van der Waals surface area contributed by atoms with Crippen LogP contribution in [0.5, 0.6) is 0 Å². The summed E-state index contributed by atoms with van der Waals surface area (Å²) >= 11 is 0. The lowest BCUT2D eigenvalue weighted by atomic mass is 10.2. The number of halogens is 2. The molecule has 32 heavy (non-hydrogen) atoms. The van der Waals surface area contributed by atoms with E-state index in [1.807, 2.05) is 14.1 Å². The van der Waals surface area contributed by atoms with Crippen LogP contribution in [0.1, 0.15) is 19.8 Å². The van der Waals surface area contributed by atoms with Gasteiger partial charge in [-0.3, -0.25) is 9.59 Å². The van der Waals surface area contributed by atoms with Gasteiger partial charge in [0.05, 0.1) is 62.4 Å². The number of hydrogen-bond donors (Lipinski definition) is 3. The maximum Gasteiger partial charge on any atom is 0.275 e. The molecule has 3 N–H and O–H groups in total. The summed E-state index contributed by atoms with van der Waals surface area (Å²) in [5.74, 6) is -0.0780. The van der Waals surface area contributed by atoms with Crippen LogP contribution in [0.15, 0.2) is 12.2 Å². The zero-order valence-electron chi connectivity index (χ0n) is 21.6. The van der Waals surface area contributed by atoms with Gasteiger partial charge in [-0.1, -0.05) is 6.58 Å². The van der Waals surface area contributed by atoms with Crippen molar-refractivity contribution < 1.29 is 28.1 Å². The monoisotopic (exact) mass is 502 g/mol. The summed E-state index contributed by atoms with van der Waals surface area (Å²) in [4.78, 5) is 23.8. The van der Waals surface area contributed by atoms with Gasteiger partial charge in [0.2, 0.25) is 5.91 Å². The first kappa shape index (κ1) is 35.7. The molecule has 1 atom stereocenters. The van der Waals surface area contributed by atoms with Crippen molar-refractivity contribution >= 4 is 36.6 Å². The molecular formula is C22H50Cl2N5O3+3. The van der Waals surface area contributed by atoms with Crippen molar-refractivity contribution in [1.82, 2.24) is 10.6 Å². The molecule has 0 aliphatic heterocycles. The lowest BCUT2D eigenvalue weighted by Gasteiger charge is -2.34. The molecule has 10 heteroatoms. The zero-order valence-corrected chi connectivity index (χ0v) is 23.2. The van der Waals surface area contributed by atoms with Gasteiger partial charge < -0.3 is 29.2 Å². The van der Waals surface area contributed by atoms with Crippen molar-refractivity contribution in [2.75, 3.05) is 95.1 Å². The Balaban J connectivity index is -0.00000420. The van der Waals surface area contributed by atoms with Crippen LogP contribution in [0, 0.1) is 0 Å². The molecule has 0 saturated carbocycles. The SMILES string of the molecule is C=C(C)C(=O)NCCC[N+](C)(C)CC(=O)NCCC[N+](C)(C)CC(O)C[N+](C)(C)C.Cl.Cl. The smallest absolute Gasteiger partial charge is 0.275 e. The van der Waals surface area contributed by atoms with Gasteiger partial charge in [-0.2, -0.15) is 0 Å². The highest BCUT2D eigenvalue weighted by molar-refractivity contribution is 5.92. The third-order valence-electron chi connectivity index (χ3n) is 4.91. The second kappa shape index (κ2) is 15.9. The lowest BCUT2D eigenvalue weighted by Crippen LogP contribution is -2.52. The van der Waals surface area contributed by atoms with Crippen molar-refractivity contribution in [3.05, 3.63) is 12.2 Å². The highest BCUT2D eigenvalue weighted by Gasteiger charge is 2.25. The molecule has 0 aliphatic rings. The van der Waals surface area contributed by atoms with E-state index in [4.69, 9.17) is 0 Å². The first-order chi connectivity index (χ1) is 13.5. The molecule has 8 nitrogen and oxygen atoms in total. The Kier molecular flexibility index (Phi) is 17.7. The Hall–Kier alpha value is -0.900. The number of hydrogen-bond acceptors (Lipinski definition) is 3. The summed E-state index contributed by atoms with van der Waals surface area (Å²) in [5.41, 5.74) is 0.507. The van der Waals surface area contributed by atoms with E-state index in [-0.39, 0.29) is 42.7 Å². The standard InChI is InChI=1S/C22H46N5O3.2ClH/c1-19(2)22(30)24-13-11-15-27(8,9)18-21(29)23-12-10-14-26(6,7)17-20(28)16-25(3,4)5;;/h20,28H,1,10-18H2,2-9H3;2*1H/q+1;;/p+2. The van der Waals surface area contributed by atoms with Crippen LogP contribution in [0.2, 0.25) is 0 Å². The van der Waals surface area contributed by atoms with Crippen LogP contribution in [0.25, 0.3) is 0 Å². The summed E-state index contributed by atoms with van der Waals surface area (Å²) in [6.07, 6.45) is 1.34. The van der Waals surface area contributed by atoms with Gasteiger partial charge in [0.15, 0.2) is 12.6 Å². The summed E-state index contributed by atoms with van der Waals surface area (Å²) in [5, 5.41) is 16.1. The van der Waals surface area contributed by atoms with E-state index in [9.17, 15) is 14.7 Å². The van der Waals surface area contributed by atoms with Gasteiger partial charge in [0.25, 0.3) is 5.91 Å². The molecule has 0 radical (unpaired) electrons. The normalized spacial score (nSPS) is 12.8. The fraction of sp³-hybridized carbons (Fsp3) is 0.818. The summed E-state index contributed by atoms with van der Waals surface area (Å²) in [6.45, 7) is 10.1. The minimum absolute atomic E-state index is 0. The molecular weight excluding hydrogens is 453 g/mol. The molecule has 1 unspecified atom stereocenters. The van der Waals surface area contributed by atoms with Gasteiger partial charge in [0.1, 0.15) is 13.1 Å². The van der Waals surface area contributed by atoms with Crippen molar-refractivity contribution in [2.45, 2.75) is 25.9 Å². The molecule has 2 amide bonds. The van der Waals surface area contributed by atoms with E-state index >= 15 is 0 Å². The maximum atomic E-state index is 12.3. The third kappa shape index (κ3) is 19.8. The van der Waals surface area contributed by atoms with Crippen molar-refractivity contribution in [3.63, 3.8) is 0 Å². The number of likely N-dealkylation sites (N-methyl/N-ethyl adjacent to an activating group) is 3. The second-order valence-corrected chi connectivity index (χ2v) is 10.9. The van der Waals surface area contributed by atoms with Gasteiger partial charge in [-0.05, 0) is 6.92 Å². The van der Waals surface area contributed by atoms with Crippen LogP contribution >= 0.6 is 24.8 Å². The number of carbonyl (C=O) groups is 2. The zero-order chi connectivity index (χ0) is 23.6. The molecule has 0 aromatic rings. The van der Waals surface area contributed by atoms with Gasteiger partial charge in [-0.25, -0.2) is 0 Å².